The first-order valence-electron chi connectivity index (χ1n) is 7.00. The van der Waals surface area contributed by atoms with E-state index < -0.39 is 23.4 Å². The fourth-order valence-electron chi connectivity index (χ4n) is 1.40. The highest BCUT2D eigenvalue weighted by Crippen LogP contribution is 2.28. The zero-order valence-electron chi connectivity index (χ0n) is 14.4. The molecule has 0 saturated heterocycles. The maximum Gasteiger partial charge on any atom is 0.426 e. The molecule has 0 unspecified atom stereocenters. The zero-order chi connectivity index (χ0) is 17.3. The second-order valence-corrected chi connectivity index (χ2v) is 8.12. The van der Waals surface area contributed by atoms with Crippen LogP contribution in [0.1, 0.15) is 52.1 Å². The van der Waals surface area contributed by atoms with Gasteiger partial charge in [-0.25, -0.2) is 14.6 Å². The molecular weight excluding hydrogens is 304 g/mol. The lowest BCUT2D eigenvalue weighted by Crippen LogP contribution is -2.43. The summed E-state index contributed by atoms with van der Waals surface area (Å²) in [6, 6.07) is 0. The Hall–Kier alpha value is -1.63. The third-order valence-electron chi connectivity index (χ3n) is 2.36. The molecule has 0 bridgehead atoms. The quantitative estimate of drug-likeness (QED) is 0.762. The summed E-state index contributed by atoms with van der Waals surface area (Å²) in [5, 5.41) is 0.249. The molecule has 0 aliphatic heterocycles. The lowest BCUT2D eigenvalue weighted by atomic mass is 10.2. The van der Waals surface area contributed by atoms with Gasteiger partial charge in [-0.15, -0.1) is 11.3 Å². The highest BCUT2D eigenvalue weighted by Gasteiger charge is 2.34. The number of carbonyl (C=O) groups is 2. The molecule has 124 valence electrons. The number of aryl methyl sites for hydroxylation is 2. The second kappa shape index (κ2) is 6.24. The highest BCUT2D eigenvalue weighted by molar-refractivity contribution is 7.16. The number of thiazole rings is 1. The number of amides is 2. The largest absolute Gasteiger partial charge is 0.443 e. The Morgan fingerprint density at radius 1 is 0.955 bits per heavy atom. The number of carbonyl (C=O) groups excluding carboxylic acids is 2. The van der Waals surface area contributed by atoms with Crippen LogP contribution >= 0.6 is 11.3 Å². The molecule has 1 aromatic heterocycles. The Morgan fingerprint density at radius 2 is 1.36 bits per heavy atom. The van der Waals surface area contributed by atoms with E-state index in [2.05, 4.69) is 4.98 Å². The molecule has 0 aliphatic rings. The molecule has 0 fully saturated rings. The molecule has 1 rings (SSSR count). The summed E-state index contributed by atoms with van der Waals surface area (Å²) >= 11 is 1.24. The van der Waals surface area contributed by atoms with Crippen LogP contribution in [0.25, 0.3) is 0 Å². The normalized spacial score (nSPS) is 12.0. The zero-order valence-corrected chi connectivity index (χ0v) is 15.3. The summed E-state index contributed by atoms with van der Waals surface area (Å²) in [6.45, 7) is 14.1. The Bertz CT molecular complexity index is 520. The van der Waals surface area contributed by atoms with E-state index in [0.29, 0.717) is 0 Å². The van der Waals surface area contributed by atoms with Crippen molar-refractivity contribution in [2.75, 3.05) is 4.90 Å². The van der Waals surface area contributed by atoms with Crippen molar-refractivity contribution in [2.24, 2.45) is 0 Å². The van der Waals surface area contributed by atoms with Gasteiger partial charge in [0.25, 0.3) is 0 Å². The lowest BCUT2D eigenvalue weighted by molar-refractivity contribution is 0.0430. The maximum atomic E-state index is 12.4. The predicted molar refractivity (Wildman–Crippen MR) is 86.5 cm³/mol. The third-order valence-corrected chi connectivity index (χ3v) is 3.42. The van der Waals surface area contributed by atoms with Crippen molar-refractivity contribution >= 4 is 28.7 Å². The third kappa shape index (κ3) is 5.29. The first kappa shape index (κ1) is 18.4. The van der Waals surface area contributed by atoms with E-state index in [1.54, 1.807) is 41.5 Å². The van der Waals surface area contributed by atoms with Gasteiger partial charge < -0.3 is 9.47 Å². The van der Waals surface area contributed by atoms with Crippen LogP contribution in [0.4, 0.5) is 14.7 Å². The fourth-order valence-corrected chi connectivity index (χ4v) is 2.29. The number of aromatic nitrogens is 1. The van der Waals surface area contributed by atoms with Crippen molar-refractivity contribution in [1.29, 1.82) is 0 Å². The summed E-state index contributed by atoms with van der Waals surface area (Å²) < 4.78 is 10.6. The standard InChI is InChI=1S/C15H24N2O4S/c1-9-10(2)22-11(16-9)17(12(18)20-14(3,4)5)13(19)21-15(6,7)8/h1-8H3. The molecule has 0 aliphatic carbocycles. The SMILES string of the molecule is Cc1nc(N(C(=O)OC(C)(C)C)C(=O)OC(C)(C)C)sc1C. The van der Waals surface area contributed by atoms with Crippen molar-refractivity contribution in [2.45, 2.75) is 66.6 Å². The van der Waals surface area contributed by atoms with Crippen LogP contribution in [0, 0.1) is 13.8 Å². The van der Waals surface area contributed by atoms with Crippen LogP contribution in [-0.4, -0.2) is 28.4 Å². The van der Waals surface area contributed by atoms with Gasteiger partial charge in [-0.05, 0) is 55.4 Å². The summed E-state index contributed by atoms with van der Waals surface area (Å²) in [5.74, 6) is 0. The van der Waals surface area contributed by atoms with E-state index in [1.807, 2.05) is 13.8 Å². The van der Waals surface area contributed by atoms with Gasteiger partial charge in [0.2, 0.25) is 5.13 Å². The van der Waals surface area contributed by atoms with Crippen molar-refractivity contribution < 1.29 is 19.1 Å². The summed E-state index contributed by atoms with van der Waals surface area (Å²) in [7, 11) is 0. The van der Waals surface area contributed by atoms with E-state index in [9.17, 15) is 9.59 Å². The van der Waals surface area contributed by atoms with Gasteiger partial charge in [0.05, 0.1) is 5.69 Å². The van der Waals surface area contributed by atoms with Gasteiger partial charge in [0, 0.05) is 4.88 Å². The Balaban J connectivity index is 3.15. The molecule has 0 atom stereocenters. The number of hydrogen-bond acceptors (Lipinski definition) is 6. The van der Waals surface area contributed by atoms with Crippen LogP contribution in [0.15, 0.2) is 0 Å². The number of imide groups is 1. The molecule has 2 amide bonds. The molecule has 0 saturated carbocycles. The minimum absolute atomic E-state index is 0.249. The van der Waals surface area contributed by atoms with Crippen LogP contribution in [-0.2, 0) is 9.47 Å². The molecule has 1 heterocycles. The average Bonchev–Trinajstić information content (AvgIpc) is 2.52. The van der Waals surface area contributed by atoms with E-state index in [-0.39, 0.29) is 5.13 Å². The van der Waals surface area contributed by atoms with Crippen molar-refractivity contribution in [3.63, 3.8) is 0 Å². The fraction of sp³-hybridized carbons (Fsp3) is 0.667. The monoisotopic (exact) mass is 328 g/mol. The first-order valence-corrected chi connectivity index (χ1v) is 7.82. The number of rotatable bonds is 1. The summed E-state index contributed by atoms with van der Waals surface area (Å²) in [6.07, 6.45) is -1.59. The highest BCUT2D eigenvalue weighted by atomic mass is 32.1. The van der Waals surface area contributed by atoms with E-state index in [4.69, 9.17) is 9.47 Å². The van der Waals surface area contributed by atoms with Crippen molar-refractivity contribution in [3.8, 4) is 0 Å². The van der Waals surface area contributed by atoms with Gasteiger partial charge >= 0.3 is 12.2 Å². The van der Waals surface area contributed by atoms with Gasteiger partial charge in [0.1, 0.15) is 11.2 Å². The Kier molecular flexibility index (Phi) is 5.22. The minimum Gasteiger partial charge on any atom is -0.443 e. The second-order valence-electron chi connectivity index (χ2n) is 6.93. The van der Waals surface area contributed by atoms with Gasteiger partial charge in [-0.2, -0.15) is 4.90 Å². The number of hydrogen-bond donors (Lipinski definition) is 0. The van der Waals surface area contributed by atoms with E-state index >= 15 is 0 Å². The summed E-state index contributed by atoms with van der Waals surface area (Å²) in [4.78, 5) is 30.8. The smallest absolute Gasteiger partial charge is 0.426 e. The molecule has 1 aromatic rings. The first-order chi connectivity index (χ1) is 9.80. The Morgan fingerprint density at radius 3 is 1.64 bits per heavy atom. The van der Waals surface area contributed by atoms with Gasteiger partial charge in [-0.3, -0.25) is 0 Å². The molecule has 0 aromatic carbocycles. The van der Waals surface area contributed by atoms with Gasteiger partial charge in [0.15, 0.2) is 0 Å². The molecule has 6 nitrogen and oxygen atoms in total. The van der Waals surface area contributed by atoms with Crippen LogP contribution in [0.5, 0.6) is 0 Å². The number of anilines is 1. The molecule has 0 radical (unpaired) electrons. The summed E-state index contributed by atoms with van der Waals surface area (Å²) in [5.41, 5.74) is -0.686. The minimum atomic E-state index is -0.796. The average molecular weight is 328 g/mol. The molecule has 22 heavy (non-hydrogen) atoms. The molecule has 7 heteroatoms. The molecule has 0 spiro atoms. The van der Waals surface area contributed by atoms with E-state index in [1.165, 1.54) is 11.3 Å². The lowest BCUT2D eigenvalue weighted by Gasteiger charge is -2.27. The maximum absolute atomic E-state index is 12.4. The van der Waals surface area contributed by atoms with Crippen molar-refractivity contribution in [1.82, 2.24) is 4.98 Å². The topological polar surface area (TPSA) is 68.7 Å². The molecular formula is C15H24N2O4S. The van der Waals surface area contributed by atoms with Crippen LogP contribution in [0.2, 0.25) is 0 Å². The van der Waals surface area contributed by atoms with Crippen LogP contribution in [0.3, 0.4) is 0 Å². The predicted octanol–water partition coefficient (Wildman–Crippen LogP) is 4.44. The van der Waals surface area contributed by atoms with Crippen LogP contribution < -0.4 is 4.90 Å². The number of nitrogens with zero attached hydrogens (tertiary/aromatic N) is 2. The van der Waals surface area contributed by atoms with Crippen molar-refractivity contribution in [3.05, 3.63) is 10.6 Å². The Labute approximate surface area is 135 Å². The number of ether oxygens (including phenoxy) is 2. The van der Waals surface area contributed by atoms with Gasteiger partial charge in [-0.1, -0.05) is 0 Å². The van der Waals surface area contributed by atoms with E-state index in [0.717, 1.165) is 15.5 Å². The molecule has 0 N–H and O–H groups in total.